The van der Waals surface area contributed by atoms with E-state index in [1.54, 1.807) is 24.3 Å². The summed E-state index contributed by atoms with van der Waals surface area (Å²) in [4.78, 5) is 18.5. The molecule has 0 amide bonds. The lowest BCUT2D eigenvalue weighted by Gasteiger charge is -2.40. The number of benzene rings is 1. The minimum atomic E-state index is -2.75. The van der Waals surface area contributed by atoms with Crippen molar-refractivity contribution < 1.29 is 18.6 Å². The molecule has 11 heteroatoms. The van der Waals surface area contributed by atoms with E-state index in [1.807, 2.05) is 19.9 Å². The van der Waals surface area contributed by atoms with Crippen molar-refractivity contribution in [1.29, 1.82) is 0 Å². The fraction of sp³-hybridized carbons (Fsp3) is 0.667. The molecule has 1 saturated heterocycles. The summed E-state index contributed by atoms with van der Waals surface area (Å²) in [6, 6.07) is 9.44. The Kier molecular flexibility index (Phi) is 9.63. The van der Waals surface area contributed by atoms with Crippen LogP contribution in [0.25, 0.3) is 16.9 Å². The number of morpholine rings is 1. The first kappa shape index (κ1) is 31.1. The van der Waals surface area contributed by atoms with Gasteiger partial charge in [-0.1, -0.05) is 25.0 Å². The third kappa shape index (κ3) is 7.49. The molecule has 6 rings (SSSR count). The highest BCUT2D eigenvalue weighted by atomic mass is 19.3. The van der Waals surface area contributed by atoms with Gasteiger partial charge >= 0.3 is 0 Å². The van der Waals surface area contributed by atoms with Crippen LogP contribution >= 0.6 is 0 Å². The second-order valence-electron chi connectivity index (χ2n) is 13.6. The first-order chi connectivity index (χ1) is 21.2. The van der Waals surface area contributed by atoms with Crippen molar-refractivity contribution in [2.24, 2.45) is 11.8 Å². The van der Waals surface area contributed by atoms with Crippen molar-refractivity contribution in [3.63, 3.8) is 0 Å². The Hall–Kier alpha value is -2.89. The maximum Gasteiger partial charge on any atom is 0.296 e. The zero-order chi connectivity index (χ0) is 30.7. The van der Waals surface area contributed by atoms with Gasteiger partial charge in [0, 0.05) is 44.8 Å². The number of aliphatic hydroxyl groups is 1. The van der Waals surface area contributed by atoms with Gasteiger partial charge in [-0.3, -0.25) is 9.47 Å². The van der Waals surface area contributed by atoms with E-state index in [2.05, 4.69) is 20.1 Å². The number of nitrogens with one attached hydrogen (secondary N) is 1. The molecule has 2 aromatic heterocycles. The number of halogens is 2. The molecule has 2 aliphatic carbocycles. The van der Waals surface area contributed by atoms with Gasteiger partial charge in [-0.25, -0.2) is 13.8 Å². The molecule has 0 unspecified atom stereocenters. The number of hydrogen-bond acceptors (Lipinski definition) is 8. The van der Waals surface area contributed by atoms with Gasteiger partial charge in [0.2, 0.25) is 5.95 Å². The third-order valence-corrected chi connectivity index (χ3v) is 9.48. The van der Waals surface area contributed by atoms with Gasteiger partial charge in [0.25, 0.3) is 6.43 Å². The van der Waals surface area contributed by atoms with E-state index in [9.17, 15) is 13.9 Å². The fourth-order valence-electron chi connectivity index (χ4n) is 7.32. The van der Waals surface area contributed by atoms with Gasteiger partial charge in [-0.15, -0.1) is 0 Å². The maximum absolute atomic E-state index is 14.2. The van der Waals surface area contributed by atoms with Crippen molar-refractivity contribution in [3.05, 3.63) is 36.2 Å². The molecule has 0 atom stereocenters. The molecule has 0 radical (unpaired) electrons. The highest BCUT2D eigenvalue weighted by molar-refractivity contribution is 5.78. The minimum Gasteiger partial charge on any atom is -0.389 e. The average molecular weight is 612 g/mol. The number of imidazole rings is 1. The van der Waals surface area contributed by atoms with Crippen LogP contribution in [0.3, 0.4) is 0 Å². The Bertz CT molecular complexity index is 1370. The maximum atomic E-state index is 14.2. The molecule has 1 aromatic carbocycles. The fourth-order valence-corrected chi connectivity index (χ4v) is 7.32. The number of fused-ring (bicyclic) bond motifs is 1. The van der Waals surface area contributed by atoms with E-state index in [0.29, 0.717) is 73.4 Å². The molecule has 2 N–H and O–H groups in total. The summed E-state index contributed by atoms with van der Waals surface area (Å²) in [6.07, 6.45) is 6.90. The minimum absolute atomic E-state index is 0.324. The Labute approximate surface area is 259 Å². The summed E-state index contributed by atoms with van der Waals surface area (Å²) < 4.78 is 35.4. The number of anilines is 2. The molecule has 1 aliphatic heterocycles. The van der Waals surface area contributed by atoms with E-state index >= 15 is 0 Å². The molecule has 9 nitrogen and oxygen atoms in total. The number of rotatable bonds is 11. The molecule has 0 spiro atoms. The Morgan fingerprint density at radius 1 is 0.977 bits per heavy atom. The van der Waals surface area contributed by atoms with E-state index < -0.39 is 12.0 Å². The molecule has 3 aromatic rings. The standard InChI is InChI=1S/C33H47F2N7O2/c1-33(2,43)22-41(21-24-7-3-4-8-24)25-13-11-23(12-14-25)20-36-32-38-28(40-15-17-44-18-16-40)19-29(39-32)42-27-10-6-5-9-26(27)37-31(42)30(34)35/h5-6,9-10,19,23-25,30,43H,3-4,7-8,11-18,20-22H2,1-2H3,(H,36,38,39)/t23-,25-. The van der Waals surface area contributed by atoms with E-state index in [-0.39, 0.29) is 5.82 Å². The van der Waals surface area contributed by atoms with Gasteiger partial charge in [0.1, 0.15) is 11.6 Å². The molecular formula is C33H47F2N7O2. The smallest absolute Gasteiger partial charge is 0.296 e. The number of hydrogen-bond donors (Lipinski definition) is 2. The van der Waals surface area contributed by atoms with Crippen molar-refractivity contribution in [1.82, 2.24) is 24.4 Å². The van der Waals surface area contributed by atoms with Gasteiger partial charge in [-0.2, -0.15) is 9.97 Å². The third-order valence-electron chi connectivity index (χ3n) is 9.48. The van der Waals surface area contributed by atoms with Crippen LogP contribution in [-0.4, -0.2) is 87.1 Å². The monoisotopic (exact) mass is 611 g/mol. The summed E-state index contributed by atoms with van der Waals surface area (Å²) in [5.41, 5.74) is 0.390. The van der Waals surface area contributed by atoms with Gasteiger partial charge in [-0.05, 0) is 76.3 Å². The van der Waals surface area contributed by atoms with Gasteiger partial charge in [0.15, 0.2) is 5.82 Å². The zero-order valence-electron chi connectivity index (χ0n) is 26.1. The lowest BCUT2D eigenvalue weighted by molar-refractivity contribution is 0.00478. The molecule has 0 bridgehead atoms. The highest BCUT2D eigenvalue weighted by Crippen LogP contribution is 2.33. The lowest BCUT2D eigenvalue weighted by Crippen LogP contribution is -2.47. The van der Waals surface area contributed by atoms with Crippen LogP contribution in [0.4, 0.5) is 20.5 Å². The predicted octanol–water partition coefficient (Wildman–Crippen LogP) is 5.82. The van der Waals surface area contributed by atoms with Crippen LogP contribution in [-0.2, 0) is 4.74 Å². The van der Waals surface area contributed by atoms with Gasteiger partial charge in [0.05, 0.1) is 29.8 Å². The van der Waals surface area contributed by atoms with Crippen LogP contribution < -0.4 is 10.2 Å². The number of para-hydroxylation sites is 2. The molecule has 44 heavy (non-hydrogen) atoms. The highest BCUT2D eigenvalue weighted by Gasteiger charge is 2.31. The summed E-state index contributed by atoms with van der Waals surface area (Å²) in [6.45, 7) is 8.89. The lowest BCUT2D eigenvalue weighted by atomic mass is 9.84. The van der Waals surface area contributed by atoms with Crippen molar-refractivity contribution in [2.75, 3.05) is 56.2 Å². The number of alkyl halides is 2. The SMILES string of the molecule is CC(C)(O)CN(CC1CCCC1)[C@H]1CC[C@H](CNc2nc(N3CCOCC3)cc(-n3c(C(F)F)nc4ccccc43)n2)CC1. The van der Waals surface area contributed by atoms with Crippen LogP contribution in [0.1, 0.15) is 77.5 Å². The van der Waals surface area contributed by atoms with Crippen LogP contribution in [0.2, 0.25) is 0 Å². The summed E-state index contributed by atoms with van der Waals surface area (Å²) in [7, 11) is 0. The Morgan fingerprint density at radius 3 is 2.39 bits per heavy atom. The van der Waals surface area contributed by atoms with Crippen LogP contribution in [0, 0.1) is 11.8 Å². The van der Waals surface area contributed by atoms with Gasteiger partial charge < -0.3 is 20.1 Å². The van der Waals surface area contributed by atoms with Crippen molar-refractivity contribution >= 4 is 22.8 Å². The molecule has 2 saturated carbocycles. The first-order valence-corrected chi connectivity index (χ1v) is 16.4. The topological polar surface area (TPSA) is 91.6 Å². The summed E-state index contributed by atoms with van der Waals surface area (Å²) in [5.74, 6) is 2.40. The van der Waals surface area contributed by atoms with Crippen LogP contribution in [0.15, 0.2) is 30.3 Å². The number of nitrogens with zero attached hydrogens (tertiary/aromatic N) is 6. The normalized spacial score (nSPS) is 22.0. The zero-order valence-corrected chi connectivity index (χ0v) is 26.1. The second kappa shape index (κ2) is 13.6. The molecule has 240 valence electrons. The number of ether oxygens (including phenoxy) is 1. The predicted molar refractivity (Wildman–Crippen MR) is 169 cm³/mol. The van der Waals surface area contributed by atoms with E-state index in [0.717, 1.165) is 44.7 Å². The number of aromatic nitrogens is 4. The van der Waals surface area contributed by atoms with E-state index in [1.165, 1.54) is 30.3 Å². The molecule has 3 fully saturated rings. The Morgan fingerprint density at radius 2 is 1.68 bits per heavy atom. The Balaban J connectivity index is 1.18. The largest absolute Gasteiger partial charge is 0.389 e. The van der Waals surface area contributed by atoms with Crippen molar-refractivity contribution in [2.45, 2.75) is 83.3 Å². The van der Waals surface area contributed by atoms with E-state index in [4.69, 9.17) is 14.7 Å². The molecule has 3 heterocycles. The van der Waals surface area contributed by atoms with Crippen LogP contribution in [0.5, 0.6) is 0 Å². The summed E-state index contributed by atoms with van der Waals surface area (Å²) >= 11 is 0. The summed E-state index contributed by atoms with van der Waals surface area (Å²) in [5, 5.41) is 14.1. The first-order valence-electron chi connectivity index (χ1n) is 16.4. The average Bonchev–Trinajstić information content (AvgIpc) is 3.68. The quantitative estimate of drug-likeness (QED) is 0.280. The van der Waals surface area contributed by atoms with Crippen molar-refractivity contribution in [3.8, 4) is 5.82 Å². The molecular weight excluding hydrogens is 564 g/mol. The second-order valence-corrected chi connectivity index (χ2v) is 13.6. The molecule has 3 aliphatic rings.